The smallest absolute Gasteiger partial charge is 0.267 e. The van der Waals surface area contributed by atoms with Gasteiger partial charge in [-0.1, -0.05) is 24.3 Å². The standard InChI is InChI=1S/C23H22N6O2/c1-16-6-5-9-29-21(16)26-22(19(23(29)31)14-17(15-24)20(25)30)28-12-10-27(11-13-28)18-7-3-2-4-8-18/h2-9,14H,10-13H2,1H3,(H2,25,30)/b17-14+. The van der Waals surface area contributed by atoms with Crippen LogP contribution in [0, 0.1) is 18.3 Å². The van der Waals surface area contributed by atoms with Crippen LogP contribution in [0.4, 0.5) is 11.5 Å². The Kier molecular flexibility index (Phi) is 5.41. The third kappa shape index (κ3) is 3.85. The van der Waals surface area contributed by atoms with Gasteiger partial charge in [-0.2, -0.15) is 5.26 Å². The Bertz CT molecular complexity index is 1260. The van der Waals surface area contributed by atoms with Crippen LogP contribution >= 0.6 is 0 Å². The van der Waals surface area contributed by atoms with Crippen LogP contribution in [0.1, 0.15) is 11.1 Å². The first-order valence-electron chi connectivity index (χ1n) is 9.98. The van der Waals surface area contributed by atoms with Gasteiger partial charge in [-0.25, -0.2) is 4.98 Å². The minimum Gasteiger partial charge on any atom is -0.368 e. The fraction of sp³-hybridized carbons (Fsp3) is 0.217. The average Bonchev–Trinajstić information content (AvgIpc) is 2.79. The number of carbonyl (C=O) groups excluding carboxylic acids is 1. The van der Waals surface area contributed by atoms with Gasteiger partial charge in [0, 0.05) is 38.1 Å². The molecule has 0 radical (unpaired) electrons. The summed E-state index contributed by atoms with van der Waals surface area (Å²) in [5.41, 5.74) is 7.42. The molecule has 1 saturated heterocycles. The fourth-order valence-electron chi connectivity index (χ4n) is 3.79. The summed E-state index contributed by atoms with van der Waals surface area (Å²) >= 11 is 0. The molecule has 8 heteroatoms. The Balaban J connectivity index is 1.79. The number of para-hydroxylation sites is 1. The lowest BCUT2D eigenvalue weighted by Crippen LogP contribution is -2.47. The zero-order valence-corrected chi connectivity index (χ0v) is 17.2. The molecule has 156 valence electrons. The molecule has 8 nitrogen and oxygen atoms in total. The number of benzene rings is 1. The largest absolute Gasteiger partial charge is 0.368 e. The van der Waals surface area contributed by atoms with Crippen LogP contribution in [-0.2, 0) is 4.79 Å². The highest BCUT2D eigenvalue weighted by atomic mass is 16.1. The summed E-state index contributed by atoms with van der Waals surface area (Å²) in [5, 5.41) is 9.30. The van der Waals surface area contributed by atoms with Gasteiger partial charge in [0.2, 0.25) is 0 Å². The molecule has 4 rings (SSSR count). The molecule has 0 aliphatic carbocycles. The highest BCUT2D eigenvalue weighted by Crippen LogP contribution is 2.23. The van der Waals surface area contributed by atoms with Crippen LogP contribution in [0.25, 0.3) is 11.7 Å². The second kappa shape index (κ2) is 8.32. The van der Waals surface area contributed by atoms with Crippen molar-refractivity contribution < 1.29 is 4.79 Å². The SMILES string of the molecule is Cc1cccn2c(=O)c(/C=C(\C#N)C(N)=O)c(N3CCN(c4ccccc4)CC3)nc12. The predicted molar refractivity (Wildman–Crippen MR) is 120 cm³/mol. The summed E-state index contributed by atoms with van der Waals surface area (Å²) in [6, 6.07) is 15.6. The first kappa shape index (κ1) is 20.2. The number of nitrogens with zero attached hydrogens (tertiary/aromatic N) is 5. The number of piperazine rings is 1. The Morgan fingerprint density at radius 1 is 1.10 bits per heavy atom. The molecule has 1 fully saturated rings. The number of carbonyl (C=O) groups is 1. The number of hydrogen-bond acceptors (Lipinski definition) is 6. The molecule has 31 heavy (non-hydrogen) atoms. The van der Waals surface area contributed by atoms with Gasteiger partial charge in [-0.3, -0.25) is 14.0 Å². The number of nitrogens with two attached hydrogens (primary N) is 1. The molecule has 0 atom stereocenters. The topological polar surface area (TPSA) is 108 Å². The lowest BCUT2D eigenvalue weighted by molar-refractivity contribution is -0.114. The lowest BCUT2D eigenvalue weighted by atomic mass is 10.1. The van der Waals surface area contributed by atoms with Crippen molar-refractivity contribution in [3.8, 4) is 6.07 Å². The van der Waals surface area contributed by atoms with Crippen molar-refractivity contribution >= 4 is 29.1 Å². The molecule has 1 amide bonds. The van der Waals surface area contributed by atoms with Gasteiger partial charge in [-0.15, -0.1) is 0 Å². The molecule has 0 spiro atoms. The van der Waals surface area contributed by atoms with E-state index < -0.39 is 5.91 Å². The second-order valence-corrected chi connectivity index (χ2v) is 7.38. The van der Waals surface area contributed by atoms with Crippen molar-refractivity contribution in [2.45, 2.75) is 6.92 Å². The fourth-order valence-corrected chi connectivity index (χ4v) is 3.79. The number of anilines is 2. The number of aryl methyl sites for hydroxylation is 1. The van der Waals surface area contributed by atoms with E-state index in [1.165, 1.54) is 10.5 Å². The summed E-state index contributed by atoms with van der Waals surface area (Å²) in [6.07, 6.45) is 2.88. The van der Waals surface area contributed by atoms with Gasteiger partial charge in [0.15, 0.2) is 0 Å². The number of primary amides is 1. The summed E-state index contributed by atoms with van der Waals surface area (Å²) in [7, 11) is 0. The van der Waals surface area contributed by atoms with E-state index in [4.69, 9.17) is 10.7 Å². The first-order chi connectivity index (χ1) is 15.0. The van der Waals surface area contributed by atoms with Crippen molar-refractivity contribution in [1.82, 2.24) is 9.38 Å². The minimum atomic E-state index is -0.879. The molecule has 1 aliphatic heterocycles. The Morgan fingerprint density at radius 2 is 1.77 bits per heavy atom. The molecule has 0 unspecified atom stereocenters. The second-order valence-electron chi connectivity index (χ2n) is 7.38. The zero-order valence-electron chi connectivity index (χ0n) is 17.2. The number of rotatable bonds is 4. The van der Waals surface area contributed by atoms with Gasteiger partial charge in [-0.05, 0) is 36.8 Å². The quantitative estimate of drug-likeness (QED) is 0.515. The van der Waals surface area contributed by atoms with Gasteiger partial charge in [0.05, 0.1) is 5.56 Å². The maximum atomic E-state index is 13.3. The van der Waals surface area contributed by atoms with Crippen LogP contribution < -0.4 is 21.1 Å². The summed E-state index contributed by atoms with van der Waals surface area (Å²) in [5.74, 6) is -0.419. The van der Waals surface area contributed by atoms with Gasteiger partial charge >= 0.3 is 0 Å². The monoisotopic (exact) mass is 414 g/mol. The van der Waals surface area contributed by atoms with Gasteiger partial charge < -0.3 is 15.5 Å². The van der Waals surface area contributed by atoms with Crippen LogP contribution in [0.3, 0.4) is 0 Å². The first-order valence-corrected chi connectivity index (χ1v) is 9.98. The number of hydrogen-bond donors (Lipinski definition) is 1. The normalized spacial score (nSPS) is 14.5. The van der Waals surface area contributed by atoms with Crippen molar-refractivity contribution in [2.75, 3.05) is 36.0 Å². The van der Waals surface area contributed by atoms with Crippen LogP contribution in [0.2, 0.25) is 0 Å². The highest BCUT2D eigenvalue weighted by molar-refractivity contribution is 6.01. The third-order valence-corrected chi connectivity index (χ3v) is 5.44. The van der Waals surface area contributed by atoms with Crippen LogP contribution in [0.5, 0.6) is 0 Å². The maximum Gasteiger partial charge on any atom is 0.267 e. The van der Waals surface area contributed by atoms with Gasteiger partial charge in [0.25, 0.3) is 11.5 Å². The Labute approximate surface area is 179 Å². The van der Waals surface area contributed by atoms with Crippen LogP contribution in [0.15, 0.2) is 59.0 Å². The Hall–Kier alpha value is -4.12. The van der Waals surface area contributed by atoms with Crippen molar-refractivity contribution in [3.63, 3.8) is 0 Å². The summed E-state index contributed by atoms with van der Waals surface area (Å²) in [4.78, 5) is 34.0. The lowest BCUT2D eigenvalue weighted by Gasteiger charge is -2.37. The van der Waals surface area contributed by atoms with E-state index in [-0.39, 0.29) is 16.7 Å². The van der Waals surface area contributed by atoms with E-state index in [1.807, 2.05) is 36.1 Å². The van der Waals surface area contributed by atoms with Crippen molar-refractivity contribution in [2.24, 2.45) is 5.73 Å². The van der Waals surface area contributed by atoms with E-state index in [0.29, 0.717) is 24.6 Å². The molecule has 0 saturated carbocycles. The van der Waals surface area contributed by atoms with E-state index in [0.717, 1.165) is 24.3 Å². The number of nitriles is 1. The minimum absolute atomic E-state index is 0.187. The average molecular weight is 414 g/mol. The van der Waals surface area contributed by atoms with E-state index in [9.17, 15) is 14.9 Å². The number of amides is 1. The number of aromatic nitrogens is 2. The van der Waals surface area contributed by atoms with Crippen molar-refractivity contribution in [3.05, 3.63) is 75.7 Å². The third-order valence-electron chi connectivity index (χ3n) is 5.44. The molecule has 0 bridgehead atoms. The van der Waals surface area contributed by atoms with E-state index >= 15 is 0 Å². The van der Waals surface area contributed by atoms with E-state index in [1.54, 1.807) is 18.3 Å². The molecule has 3 aromatic rings. The highest BCUT2D eigenvalue weighted by Gasteiger charge is 2.23. The molecule has 1 aliphatic rings. The number of fused-ring (bicyclic) bond motifs is 1. The molecule has 2 N–H and O–H groups in total. The molecular formula is C23H22N6O2. The predicted octanol–water partition coefficient (Wildman–Crippen LogP) is 1.72. The van der Waals surface area contributed by atoms with Crippen molar-refractivity contribution in [1.29, 1.82) is 5.26 Å². The summed E-state index contributed by atoms with van der Waals surface area (Å²) in [6.45, 7) is 4.68. The molecule has 3 heterocycles. The van der Waals surface area contributed by atoms with Crippen LogP contribution in [-0.4, -0.2) is 41.5 Å². The maximum absolute atomic E-state index is 13.3. The zero-order chi connectivity index (χ0) is 22.0. The van der Waals surface area contributed by atoms with E-state index in [2.05, 4.69) is 17.0 Å². The molecular weight excluding hydrogens is 392 g/mol. The molecule has 2 aromatic heterocycles. The summed E-state index contributed by atoms with van der Waals surface area (Å²) < 4.78 is 1.43. The Morgan fingerprint density at radius 3 is 2.42 bits per heavy atom. The van der Waals surface area contributed by atoms with Gasteiger partial charge in [0.1, 0.15) is 23.1 Å². The number of pyridine rings is 1. The molecule has 1 aromatic carbocycles.